The second kappa shape index (κ2) is 5.49. The third kappa shape index (κ3) is 2.45. The summed E-state index contributed by atoms with van der Waals surface area (Å²) in [6.07, 6.45) is 0.873. The molecule has 108 valence electrons. The number of aromatic nitrogens is 4. The van der Waals surface area contributed by atoms with E-state index in [4.69, 9.17) is 4.52 Å². The van der Waals surface area contributed by atoms with E-state index in [9.17, 15) is 5.11 Å². The number of benzene rings is 1. The lowest BCUT2D eigenvalue weighted by Gasteiger charge is -1.97. The Morgan fingerprint density at radius 2 is 2.19 bits per heavy atom. The lowest BCUT2D eigenvalue weighted by molar-refractivity contribution is 0.282. The molecule has 0 amide bonds. The van der Waals surface area contributed by atoms with Crippen LogP contribution in [0.15, 0.2) is 28.8 Å². The number of rotatable bonds is 4. The highest BCUT2D eigenvalue weighted by molar-refractivity contribution is 5.60. The van der Waals surface area contributed by atoms with Crippen LogP contribution in [0.1, 0.15) is 23.7 Å². The molecule has 0 atom stereocenters. The molecule has 3 aromatic rings. The molecule has 0 aliphatic heterocycles. The Morgan fingerprint density at radius 1 is 1.33 bits per heavy atom. The molecule has 0 fully saturated rings. The zero-order valence-electron chi connectivity index (χ0n) is 11.9. The zero-order chi connectivity index (χ0) is 14.8. The number of aliphatic hydroxyl groups excluding tert-OH is 1. The molecule has 1 aromatic carbocycles. The Kier molecular flexibility index (Phi) is 3.53. The summed E-state index contributed by atoms with van der Waals surface area (Å²) in [5.41, 5.74) is 4.39. The van der Waals surface area contributed by atoms with Gasteiger partial charge >= 0.3 is 0 Å². The third-order valence-electron chi connectivity index (χ3n) is 3.46. The van der Waals surface area contributed by atoms with Gasteiger partial charge in [0, 0.05) is 16.8 Å². The van der Waals surface area contributed by atoms with Crippen molar-refractivity contribution >= 4 is 0 Å². The first kappa shape index (κ1) is 13.5. The van der Waals surface area contributed by atoms with Gasteiger partial charge in [0.2, 0.25) is 5.82 Å². The van der Waals surface area contributed by atoms with Crippen molar-refractivity contribution < 1.29 is 9.63 Å². The summed E-state index contributed by atoms with van der Waals surface area (Å²) >= 11 is 0. The van der Waals surface area contributed by atoms with Crippen LogP contribution < -0.4 is 0 Å². The second-order valence-electron chi connectivity index (χ2n) is 4.81. The minimum Gasteiger partial charge on any atom is -0.392 e. The summed E-state index contributed by atoms with van der Waals surface area (Å²) in [4.78, 5) is 4.39. The van der Waals surface area contributed by atoms with Crippen LogP contribution in [0.25, 0.3) is 23.0 Å². The summed E-state index contributed by atoms with van der Waals surface area (Å²) in [6, 6.07) is 7.41. The van der Waals surface area contributed by atoms with E-state index >= 15 is 0 Å². The van der Waals surface area contributed by atoms with Crippen molar-refractivity contribution in [2.45, 2.75) is 26.9 Å². The SMILES string of the molecule is CCc1[nH]nc(-c2nc(-c3cccc(CO)c3)no2)c1C. The number of hydrogen-bond donors (Lipinski definition) is 2. The average Bonchev–Trinajstić information content (AvgIpc) is 3.13. The summed E-state index contributed by atoms with van der Waals surface area (Å²) < 4.78 is 5.31. The van der Waals surface area contributed by atoms with Gasteiger partial charge in [-0.2, -0.15) is 10.1 Å². The molecule has 0 aliphatic rings. The molecule has 0 saturated carbocycles. The lowest BCUT2D eigenvalue weighted by Crippen LogP contribution is -1.86. The molecule has 21 heavy (non-hydrogen) atoms. The number of aromatic amines is 1. The van der Waals surface area contributed by atoms with Gasteiger partial charge in [-0.1, -0.05) is 30.3 Å². The fourth-order valence-electron chi connectivity index (χ4n) is 2.23. The minimum atomic E-state index is -0.0170. The van der Waals surface area contributed by atoms with Gasteiger partial charge in [-0.3, -0.25) is 5.10 Å². The van der Waals surface area contributed by atoms with E-state index in [0.717, 1.165) is 28.8 Å². The highest BCUT2D eigenvalue weighted by Crippen LogP contribution is 2.25. The Balaban J connectivity index is 1.97. The van der Waals surface area contributed by atoms with E-state index in [1.54, 1.807) is 0 Å². The zero-order valence-corrected chi connectivity index (χ0v) is 11.9. The maximum atomic E-state index is 9.18. The molecule has 2 aromatic heterocycles. The Bertz CT molecular complexity index is 761. The van der Waals surface area contributed by atoms with Crippen LogP contribution in [0, 0.1) is 6.92 Å². The standard InChI is InChI=1S/C15H16N4O2/c1-3-12-9(2)13(18-17-12)15-16-14(19-21-15)11-6-4-5-10(7-11)8-20/h4-7,20H,3,8H2,1-2H3,(H,17,18). The third-order valence-corrected chi connectivity index (χ3v) is 3.46. The van der Waals surface area contributed by atoms with Crippen LogP contribution in [0.4, 0.5) is 0 Å². The van der Waals surface area contributed by atoms with E-state index in [1.807, 2.05) is 31.2 Å². The number of H-pyrrole nitrogens is 1. The van der Waals surface area contributed by atoms with Crippen LogP contribution in [0.2, 0.25) is 0 Å². The second-order valence-corrected chi connectivity index (χ2v) is 4.81. The maximum Gasteiger partial charge on any atom is 0.279 e. The Morgan fingerprint density at radius 3 is 2.90 bits per heavy atom. The lowest BCUT2D eigenvalue weighted by atomic mass is 10.1. The summed E-state index contributed by atoms with van der Waals surface area (Å²) in [7, 11) is 0. The number of aryl methyl sites for hydroxylation is 1. The van der Waals surface area contributed by atoms with Crippen molar-refractivity contribution in [3.8, 4) is 23.0 Å². The van der Waals surface area contributed by atoms with Crippen molar-refractivity contribution in [1.82, 2.24) is 20.3 Å². The molecule has 0 bridgehead atoms. The van der Waals surface area contributed by atoms with E-state index in [-0.39, 0.29) is 6.61 Å². The highest BCUT2D eigenvalue weighted by Gasteiger charge is 2.17. The monoisotopic (exact) mass is 284 g/mol. The Labute approximate surface area is 121 Å². The van der Waals surface area contributed by atoms with Gasteiger partial charge in [-0.25, -0.2) is 0 Å². The molecule has 6 heteroatoms. The highest BCUT2D eigenvalue weighted by atomic mass is 16.5. The smallest absolute Gasteiger partial charge is 0.279 e. The first-order chi connectivity index (χ1) is 10.2. The fourth-order valence-corrected chi connectivity index (χ4v) is 2.23. The largest absolute Gasteiger partial charge is 0.392 e. The Hall–Kier alpha value is -2.47. The number of nitrogens with zero attached hydrogens (tertiary/aromatic N) is 3. The summed E-state index contributed by atoms with van der Waals surface area (Å²) in [5, 5.41) is 20.4. The van der Waals surface area contributed by atoms with Crippen molar-refractivity contribution in [3.63, 3.8) is 0 Å². The van der Waals surface area contributed by atoms with Gasteiger partial charge < -0.3 is 9.63 Å². The topological polar surface area (TPSA) is 87.8 Å². The minimum absolute atomic E-state index is 0.0170. The van der Waals surface area contributed by atoms with Gasteiger partial charge in [0.25, 0.3) is 5.89 Å². The van der Waals surface area contributed by atoms with Crippen LogP contribution in [0.3, 0.4) is 0 Å². The molecule has 6 nitrogen and oxygen atoms in total. The van der Waals surface area contributed by atoms with Crippen LogP contribution in [0.5, 0.6) is 0 Å². The van der Waals surface area contributed by atoms with Crippen molar-refractivity contribution in [3.05, 3.63) is 41.1 Å². The number of nitrogens with one attached hydrogen (secondary N) is 1. The van der Waals surface area contributed by atoms with E-state index in [0.29, 0.717) is 17.4 Å². The molecule has 3 rings (SSSR count). The quantitative estimate of drug-likeness (QED) is 0.768. The molecule has 0 spiro atoms. The number of aliphatic hydroxyl groups is 1. The maximum absolute atomic E-state index is 9.18. The van der Waals surface area contributed by atoms with Crippen LogP contribution in [-0.2, 0) is 13.0 Å². The average molecular weight is 284 g/mol. The van der Waals surface area contributed by atoms with Crippen molar-refractivity contribution in [1.29, 1.82) is 0 Å². The molecule has 2 heterocycles. The first-order valence-electron chi connectivity index (χ1n) is 6.81. The molecule has 0 aliphatic carbocycles. The summed E-state index contributed by atoms with van der Waals surface area (Å²) in [5.74, 6) is 0.883. The summed E-state index contributed by atoms with van der Waals surface area (Å²) in [6.45, 7) is 4.02. The van der Waals surface area contributed by atoms with E-state index < -0.39 is 0 Å². The van der Waals surface area contributed by atoms with Crippen molar-refractivity contribution in [2.24, 2.45) is 0 Å². The molecule has 0 unspecified atom stereocenters. The van der Waals surface area contributed by atoms with Gasteiger partial charge in [0.1, 0.15) is 0 Å². The number of hydrogen-bond acceptors (Lipinski definition) is 5. The molecule has 2 N–H and O–H groups in total. The van der Waals surface area contributed by atoms with Gasteiger partial charge in [0.05, 0.1) is 6.61 Å². The molecule has 0 saturated heterocycles. The van der Waals surface area contributed by atoms with E-state index in [2.05, 4.69) is 27.3 Å². The first-order valence-corrected chi connectivity index (χ1v) is 6.81. The van der Waals surface area contributed by atoms with Crippen molar-refractivity contribution in [2.75, 3.05) is 0 Å². The van der Waals surface area contributed by atoms with Gasteiger partial charge in [0.15, 0.2) is 5.69 Å². The van der Waals surface area contributed by atoms with Gasteiger partial charge in [-0.05, 0) is 25.0 Å². The molecule has 0 radical (unpaired) electrons. The molecular formula is C15H16N4O2. The predicted octanol–water partition coefficient (Wildman–Crippen LogP) is 2.49. The van der Waals surface area contributed by atoms with Crippen LogP contribution in [-0.4, -0.2) is 25.4 Å². The predicted molar refractivity (Wildman–Crippen MR) is 77.4 cm³/mol. The van der Waals surface area contributed by atoms with Crippen LogP contribution >= 0.6 is 0 Å². The normalized spacial score (nSPS) is 11.0. The van der Waals surface area contributed by atoms with E-state index in [1.165, 1.54) is 0 Å². The van der Waals surface area contributed by atoms with Gasteiger partial charge in [-0.15, -0.1) is 0 Å². The molecular weight excluding hydrogens is 268 g/mol. The fraction of sp³-hybridized carbons (Fsp3) is 0.267.